The zero-order valence-corrected chi connectivity index (χ0v) is 35.3. The molecular formula is C59H44N2Si. The van der Waals surface area contributed by atoms with Crippen LogP contribution < -0.4 is 20.7 Å². The second kappa shape index (κ2) is 17.1. The predicted octanol–water partition coefficient (Wildman–Crippen LogP) is 11.2. The molecule has 294 valence electrons. The molecule has 0 radical (unpaired) electrons. The second-order valence-corrected chi connectivity index (χ2v) is 19.5. The van der Waals surface area contributed by atoms with E-state index >= 15 is 0 Å². The van der Waals surface area contributed by atoms with Crippen molar-refractivity contribution in [1.82, 2.24) is 9.97 Å². The van der Waals surface area contributed by atoms with E-state index in [1.807, 2.05) is 6.07 Å². The van der Waals surface area contributed by atoms with Crippen LogP contribution in [-0.4, -0.2) is 18.0 Å². The molecule has 0 N–H and O–H groups in total. The molecule has 3 heteroatoms. The van der Waals surface area contributed by atoms with Gasteiger partial charge in [-0.3, -0.25) is 0 Å². The summed E-state index contributed by atoms with van der Waals surface area (Å²) in [7, 11) is -2.79. The Morgan fingerprint density at radius 3 is 1.02 bits per heavy atom. The first-order valence-electron chi connectivity index (χ1n) is 21.2. The third-order valence-corrected chi connectivity index (χ3v) is 17.0. The van der Waals surface area contributed by atoms with Crippen LogP contribution in [0.25, 0.3) is 33.9 Å². The van der Waals surface area contributed by atoms with Gasteiger partial charge in [0.25, 0.3) is 0 Å². The number of rotatable bonds is 11. The predicted molar refractivity (Wildman–Crippen MR) is 260 cm³/mol. The molecular weight excluding hydrogens is 765 g/mol. The van der Waals surface area contributed by atoms with Gasteiger partial charge >= 0.3 is 0 Å². The monoisotopic (exact) mass is 808 g/mol. The summed E-state index contributed by atoms with van der Waals surface area (Å²) in [5, 5.41) is 5.29. The van der Waals surface area contributed by atoms with Crippen LogP contribution in [0.3, 0.4) is 0 Å². The average Bonchev–Trinajstić information content (AvgIpc) is 3.37. The zero-order chi connectivity index (χ0) is 41.6. The lowest BCUT2D eigenvalue weighted by molar-refractivity contribution is 0.745. The van der Waals surface area contributed by atoms with Gasteiger partial charge in [-0.1, -0.05) is 255 Å². The van der Waals surface area contributed by atoms with E-state index in [9.17, 15) is 0 Å². The Morgan fingerprint density at radius 2 is 0.581 bits per heavy atom. The van der Waals surface area contributed by atoms with Gasteiger partial charge < -0.3 is 0 Å². The Morgan fingerprint density at radius 1 is 0.258 bits per heavy atom. The van der Waals surface area contributed by atoms with Crippen molar-refractivity contribution in [2.75, 3.05) is 0 Å². The molecule has 1 heterocycles. The molecule has 0 bridgehead atoms. The van der Waals surface area contributed by atoms with Crippen LogP contribution in [0.1, 0.15) is 22.3 Å². The topological polar surface area (TPSA) is 25.8 Å². The Kier molecular flexibility index (Phi) is 10.6. The summed E-state index contributed by atoms with van der Waals surface area (Å²) < 4.78 is 0. The Hall–Kier alpha value is -7.72. The van der Waals surface area contributed by atoms with Gasteiger partial charge in [0.15, 0.2) is 13.9 Å². The molecule has 1 aromatic heterocycles. The maximum atomic E-state index is 5.36. The van der Waals surface area contributed by atoms with E-state index in [0.717, 1.165) is 33.6 Å². The lowest BCUT2D eigenvalue weighted by Gasteiger charge is -2.37. The molecule has 0 unspecified atom stereocenters. The first kappa shape index (κ1) is 38.5. The Balaban J connectivity index is 1.20. The van der Waals surface area contributed by atoms with Gasteiger partial charge in [0.05, 0.1) is 16.8 Å². The summed E-state index contributed by atoms with van der Waals surface area (Å²) in [4.78, 5) is 10.7. The van der Waals surface area contributed by atoms with Gasteiger partial charge in [-0.15, -0.1) is 0 Å². The molecule has 0 saturated heterocycles. The highest BCUT2D eigenvalue weighted by atomic mass is 28.3. The molecule has 0 spiro atoms. The lowest BCUT2D eigenvalue weighted by atomic mass is 9.65. The SMILES string of the molecule is c1ccc(-c2nc(-c3cccc(C(c4ccccc4)(c4ccccc4)c4ccccc4)c3)cc(-c3cccc([Si](c4ccccc4)(c4ccccc4)c4ccccc4)c3)n2)cc1. The van der Waals surface area contributed by atoms with E-state index in [1.165, 1.54) is 37.4 Å². The van der Waals surface area contributed by atoms with Crippen LogP contribution in [0.5, 0.6) is 0 Å². The number of benzene rings is 9. The maximum Gasteiger partial charge on any atom is 0.179 e. The number of hydrogen-bond donors (Lipinski definition) is 0. The molecule has 0 saturated carbocycles. The fraction of sp³-hybridized carbons (Fsp3) is 0.0169. The molecule has 10 rings (SSSR count). The van der Waals surface area contributed by atoms with Gasteiger partial charge in [-0.05, 0) is 55.1 Å². The van der Waals surface area contributed by atoms with Crippen LogP contribution in [0, 0.1) is 0 Å². The quantitative estimate of drug-likeness (QED) is 0.0961. The maximum absolute atomic E-state index is 5.36. The Labute approximate surface area is 365 Å². The van der Waals surface area contributed by atoms with Crippen molar-refractivity contribution in [3.8, 4) is 33.9 Å². The highest BCUT2D eigenvalue weighted by Crippen LogP contribution is 2.46. The summed E-state index contributed by atoms with van der Waals surface area (Å²) in [6.07, 6.45) is 0. The minimum atomic E-state index is -2.79. The van der Waals surface area contributed by atoms with Crippen molar-refractivity contribution in [3.63, 3.8) is 0 Å². The van der Waals surface area contributed by atoms with Crippen molar-refractivity contribution < 1.29 is 0 Å². The van der Waals surface area contributed by atoms with Crippen LogP contribution in [-0.2, 0) is 5.41 Å². The van der Waals surface area contributed by atoms with Crippen LogP contribution in [0.15, 0.2) is 267 Å². The highest BCUT2D eigenvalue weighted by Gasteiger charge is 2.42. The van der Waals surface area contributed by atoms with E-state index in [2.05, 4.69) is 261 Å². The smallest absolute Gasteiger partial charge is 0.179 e. The van der Waals surface area contributed by atoms with Crippen molar-refractivity contribution in [3.05, 3.63) is 289 Å². The third kappa shape index (κ3) is 6.99. The number of aromatic nitrogens is 2. The Bertz CT molecular complexity index is 2650. The molecule has 62 heavy (non-hydrogen) atoms. The number of nitrogens with zero attached hydrogens (tertiary/aromatic N) is 2. The van der Waals surface area contributed by atoms with Gasteiger partial charge in [0.1, 0.15) is 0 Å². The molecule has 0 aliphatic rings. The van der Waals surface area contributed by atoms with Crippen molar-refractivity contribution in [2.45, 2.75) is 5.41 Å². The molecule has 9 aromatic carbocycles. The lowest BCUT2D eigenvalue weighted by Crippen LogP contribution is -2.74. The summed E-state index contributed by atoms with van der Waals surface area (Å²) in [6.45, 7) is 0. The summed E-state index contributed by atoms with van der Waals surface area (Å²) in [6, 6.07) is 96.4. The molecule has 2 nitrogen and oxygen atoms in total. The summed E-state index contributed by atoms with van der Waals surface area (Å²) in [5.41, 5.74) is 8.93. The standard InChI is InChI=1S/C59H44N2Si/c1-8-24-45(25-9-1)58-60-56(46-26-22-34-51(42-46)59(48-28-10-2-11-29-48,49-30-12-3-13-31-49)50-32-14-4-15-33-50)44-57(61-58)47-27-23-41-55(43-47)62(52-35-16-5-17-36-52,53-37-18-6-19-38-53)54-39-20-7-21-40-54/h1-44H. The summed E-state index contributed by atoms with van der Waals surface area (Å²) >= 11 is 0. The molecule has 0 aliphatic carbocycles. The largest absolute Gasteiger partial charge is 0.228 e. The van der Waals surface area contributed by atoms with Gasteiger partial charge in [0.2, 0.25) is 0 Å². The van der Waals surface area contributed by atoms with Crippen molar-refractivity contribution >= 4 is 28.8 Å². The number of hydrogen-bond acceptors (Lipinski definition) is 2. The minimum Gasteiger partial charge on any atom is -0.228 e. The van der Waals surface area contributed by atoms with E-state index in [4.69, 9.17) is 9.97 Å². The van der Waals surface area contributed by atoms with Crippen LogP contribution in [0.4, 0.5) is 0 Å². The third-order valence-electron chi connectivity index (χ3n) is 12.2. The second-order valence-electron chi connectivity index (χ2n) is 15.7. The van der Waals surface area contributed by atoms with E-state index < -0.39 is 13.5 Å². The van der Waals surface area contributed by atoms with Gasteiger partial charge in [-0.25, -0.2) is 9.97 Å². The first-order valence-corrected chi connectivity index (χ1v) is 23.2. The van der Waals surface area contributed by atoms with Gasteiger partial charge in [0, 0.05) is 16.7 Å². The molecule has 10 aromatic rings. The fourth-order valence-corrected chi connectivity index (χ4v) is 14.2. The molecule has 0 fully saturated rings. The zero-order valence-electron chi connectivity index (χ0n) is 34.3. The minimum absolute atomic E-state index is 0.591. The summed E-state index contributed by atoms with van der Waals surface area (Å²) in [5.74, 6) is 0.687. The highest BCUT2D eigenvalue weighted by molar-refractivity contribution is 7.19. The van der Waals surface area contributed by atoms with E-state index in [-0.39, 0.29) is 0 Å². The fourth-order valence-electron chi connectivity index (χ4n) is 9.41. The van der Waals surface area contributed by atoms with E-state index in [0.29, 0.717) is 5.82 Å². The van der Waals surface area contributed by atoms with E-state index in [1.54, 1.807) is 0 Å². The molecule has 0 amide bonds. The normalized spacial score (nSPS) is 11.5. The van der Waals surface area contributed by atoms with Crippen LogP contribution in [0.2, 0.25) is 0 Å². The first-order chi connectivity index (χ1) is 30.7. The van der Waals surface area contributed by atoms with Gasteiger partial charge in [-0.2, -0.15) is 0 Å². The van der Waals surface area contributed by atoms with Crippen molar-refractivity contribution in [2.24, 2.45) is 0 Å². The average molecular weight is 809 g/mol. The molecule has 0 atom stereocenters. The van der Waals surface area contributed by atoms with Crippen molar-refractivity contribution in [1.29, 1.82) is 0 Å². The van der Waals surface area contributed by atoms with Crippen LogP contribution >= 0.6 is 0 Å². The molecule has 0 aliphatic heterocycles.